The average molecular weight is 274 g/mol. The fourth-order valence-electron chi connectivity index (χ4n) is 3.58. The molecule has 0 saturated heterocycles. The molecule has 1 saturated carbocycles. The fourth-order valence-corrected chi connectivity index (χ4v) is 3.58. The first-order chi connectivity index (χ1) is 9.81. The van der Waals surface area contributed by atoms with E-state index in [-0.39, 0.29) is 0 Å². The molecule has 0 radical (unpaired) electrons. The SMILES string of the molecule is CCNC(CCC1CCCCC1)C(C)c1ccncc1. The van der Waals surface area contributed by atoms with Crippen molar-refractivity contribution in [3.63, 3.8) is 0 Å². The monoisotopic (exact) mass is 274 g/mol. The van der Waals surface area contributed by atoms with Crippen molar-refractivity contribution in [1.82, 2.24) is 10.3 Å². The molecule has 0 spiro atoms. The largest absolute Gasteiger partial charge is 0.314 e. The Kier molecular flexibility index (Phi) is 6.52. The maximum atomic E-state index is 4.13. The topological polar surface area (TPSA) is 24.9 Å². The molecule has 1 aromatic rings. The van der Waals surface area contributed by atoms with Crippen LogP contribution in [0.25, 0.3) is 0 Å². The Balaban J connectivity index is 1.88. The second kappa shape index (κ2) is 8.41. The van der Waals surface area contributed by atoms with Gasteiger partial charge in [-0.2, -0.15) is 0 Å². The zero-order chi connectivity index (χ0) is 14.2. The summed E-state index contributed by atoms with van der Waals surface area (Å²) in [4.78, 5) is 4.13. The van der Waals surface area contributed by atoms with E-state index < -0.39 is 0 Å². The number of hydrogen-bond donors (Lipinski definition) is 1. The molecule has 112 valence electrons. The summed E-state index contributed by atoms with van der Waals surface area (Å²) in [6, 6.07) is 4.93. The molecule has 2 rings (SSSR count). The fraction of sp³-hybridized carbons (Fsp3) is 0.722. The van der Waals surface area contributed by atoms with Gasteiger partial charge in [-0.15, -0.1) is 0 Å². The Labute approximate surface area is 124 Å². The third kappa shape index (κ3) is 4.59. The standard InChI is InChI=1S/C18H30N2/c1-3-20-18(10-9-16-7-5-4-6-8-16)15(2)17-11-13-19-14-12-17/h11-16,18,20H,3-10H2,1-2H3. The lowest BCUT2D eigenvalue weighted by molar-refractivity contribution is 0.304. The lowest BCUT2D eigenvalue weighted by Crippen LogP contribution is -2.34. The van der Waals surface area contributed by atoms with Gasteiger partial charge in [0.2, 0.25) is 0 Å². The number of hydrogen-bond acceptors (Lipinski definition) is 2. The van der Waals surface area contributed by atoms with Crippen molar-refractivity contribution in [3.8, 4) is 0 Å². The normalized spacial score (nSPS) is 19.7. The zero-order valence-corrected chi connectivity index (χ0v) is 13.1. The lowest BCUT2D eigenvalue weighted by atomic mass is 9.82. The van der Waals surface area contributed by atoms with Gasteiger partial charge in [-0.25, -0.2) is 0 Å². The molecule has 0 amide bonds. The second-order valence-electron chi connectivity index (χ2n) is 6.31. The first-order valence-electron chi connectivity index (χ1n) is 8.44. The quantitative estimate of drug-likeness (QED) is 0.790. The molecule has 2 atom stereocenters. The van der Waals surface area contributed by atoms with Gasteiger partial charge in [0, 0.05) is 18.4 Å². The average Bonchev–Trinajstić information content (AvgIpc) is 2.52. The van der Waals surface area contributed by atoms with E-state index in [0.29, 0.717) is 12.0 Å². The summed E-state index contributed by atoms with van der Waals surface area (Å²) in [5.41, 5.74) is 1.41. The Bertz CT molecular complexity index is 357. The maximum Gasteiger partial charge on any atom is 0.0270 e. The highest BCUT2D eigenvalue weighted by Gasteiger charge is 2.20. The van der Waals surface area contributed by atoms with Crippen LogP contribution in [0.15, 0.2) is 24.5 Å². The van der Waals surface area contributed by atoms with E-state index in [9.17, 15) is 0 Å². The summed E-state index contributed by atoms with van der Waals surface area (Å²) >= 11 is 0. The summed E-state index contributed by atoms with van der Waals surface area (Å²) in [6.45, 7) is 5.63. The Morgan fingerprint density at radius 2 is 1.90 bits per heavy atom. The van der Waals surface area contributed by atoms with Gasteiger partial charge in [0.1, 0.15) is 0 Å². The molecule has 1 heterocycles. The highest BCUT2D eigenvalue weighted by atomic mass is 14.9. The zero-order valence-electron chi connectivity index (χ0n) is 13.1. The van der Waals surface area contributed by atoms with Crippen molar-refractivity contribution in [2.75, 3.05) is 6.54 Å². The van der Waals surface area contributed by atoms with E-state index in [0.717, 1.165) is 12.5 Å². The van der Waals surface area contributed by atoms with Crippen molar-refractivity contribution in [3.05, 3.63) is 30.1 Å². The molecule has 1 fully saturated rings. The van der Waals surface area contributed by atoms with Crippen LogP contribution in [-0.2, 0) is 0 Å². The van der Waals surface area contributed by atoms with E-state index in [4.69, 9.17) is 0 Å². The number of aromatic nitrogens is 1. The van der Waals surface area contributed by atoms with Gasteiger partial charge in [-0.05, 0) is 48.9 Å². The van der Waals surface area contributed by atoms with E-state index in [1.165, 1.54) is 50.5 Å². The first kappa shape index (κ1) is 15.5. The second-order valence-corrected chi connectivity index (χ2v) is 6.31. The summed E-state index contributed by atoms with van der Waals surface area (Å²) in [5, 5.41) is 3.70. The molecule has 0 aliphatic heterocycles. The van der Waals surface area contributed by atoms with Crippen LogP contribution in [0.2, 0.25) is 0 Å². The van der Waals surface area contributed by atoms with E-state index in [1.54, 1.807) is 0 Å². The summed E-state index contributed by atoms with van der Waals surface area (Å²) in [7, 11) is 0. The van der Waals surface area contributed by atoms with Crippen LogP contribution < -0.4 is 5.32 Å². The van der Waals surface area contributed by atoms with Crippen molar-refractivity contribution in [2.24, 2.45) is 5.92 Å². The minimum absolute atomic E-state index is 0.571. The maximum absolute atomic E-state index is 4.13. The highest BCUT2D eigenvalue weighted by Crippen LogP contribution is 2.30. The van der Waals surface area contributed by atoms with E-state index >= 15 is 0 Å². The predicted molar refractivity (Wildman–Crippen MR) is 85.9 cm³/mol. The molecule has 1 aliphatic carbocycles. The summed E-state index contributed by atoms with van der Waals surface area (Å²) < 4.78 is 0. The van der Waals surface area contributed by atoms with Gasteiger partial charge >= 0.3 is 0 Å². The number of nitrogens with one attached hydrogen (secondary N) is 1. The number of rotatable bonds is 7. The molecule has 1 aliphatic rings. The van der Waals surface area contributed by atoms with Crippen LogP contribution in [0.4, 0.5) is 0 Å². The number of pyridine rings is 1. The van der Waals surface area contributed by atoms with Crippen LogP contribution in [0.3, 0.4) is 0 Å². The summed E-state index contributed by atoms with van der Waals surface area (Å²) in [5.74, 6) is 1.55. The lowest BCUT2D eigenvalue weighted by Gasteiger charge is -2.28. The highest BCUT2D eigenvalue weighted by molar-refractivity contribution is 5.17. The van der Waals surface area contributed by atoms with E-state index in [1.807, 2.05) is 12.4 Å². The number of nitrogens with zero attached hydrogens (tertiary/aromatic N) is 1. The van der Waals surface area contributed by atoms with Gasteiger partial charge in [-0.1, -0.05) is 46.0 Å². The smallest absolute Gasteiger partial charge is 0.0270 e. The Morgan fingerprint density at radius 3 is 2.55 bits per heavy atom. The molecular weight excluding hydrogens is 244 g/mol. The van der Waals surface area contributed by atoms with Crippen LogP contribution in [0, 0.1) is 5.92 Å². The number of likely N-dealkylation sites (N-methyl/N-ethyl adjacent to an activating group) is 1. The van der Waals surface area contributed by atoms with Crippen LogP contribution in [0.1, 0.15) is 70.3 Å². The van der Waals surface area contributed by atoms with Crippen LogP contribution in [-0.4, -0.2) is 17.6 Å². The molecule has 2 unspecified atom stereocenters. The molecule has 1 N–H and O–H groups in total. The predicted octanol–water partition coefficient (Wildman–Crippen LogP) is 4.52. The minimum atomic E-state index is 0.571. The third-order valence-corrected chi connectivity index (χ3v) is 4.91. The molecule has 0 bridgehead atoms. The molecular formula is C18H30N2. The molecule has 20 heavy (non-hydrogen) atoms. The van der Waals surface area contributed by atoms with Gasteiger partial charge < -0.3 is 5.32 Å². The molecule has 0 aromatic carbocycles. The van der Waals surface area contributed by atoms with Crippen molar-refractivity contribution < 1.29 is 0 Å². The Morgan fingerprint density at radius 1 is 1.20 bits per heavy atom. The minimum Gasteiger partial charge on any atom is -0.314 e. The van der Waals surface area contributed by atoms with Crippen molar-refractivity contribution in [2.45, 2.75) is 70.8 Å². The van der Waals surface area contributed by atoms with Gasteiger partial charge in [-0.3, -0.25) is 4.98 Å². The van der Waals surface area contributed by atoms with Crippen LogP contribution >= 0.6 is 0 Å². The molecule has 2 nitrogen and oxygen atoms in total. The van der Waals surface area contributed by atoms with Gasteiger partial charge in [0.15, 0.2) is 0 Å². The van der Waals surface area contributed by atoms with Crippen molar-refractivity contribution in [1.29, 1.82) is 0 Å². The molecule has 2 heteroatoms. The van der Waals surface area contributed by atoms with Gasteiger partial charge in [0.05, 0.1) is 0 Å². The van der Waals surface area contributed by atoms with Gasteiger partial charge in [0.25, 0.3) is 0 Å². The third-order valence-electron chi connectivity index (χ3n) is 4.91. The first-order valence-corrected chi connectivity index (χ1v) is 8.44. The van der Waals surface area contributed by atoms with Crippen LogP contribution in [0.5, 0.6) is 0 Å². The van der Waals surface area contributed by atoms with E-state index in [2.05, 4.69) is 36.3 Å². The van der Waals surface area contributed by atoms with Crippen molar-refractivity contribution >= 4 is 0 Å². The molecule has 1 aromatic heterocycles. The summed E-state index contributed by atoms with van der Waals surface area (Å²) in [6.07, 6.45) is 13.8. The Hall–Kier alpha value is -0.890.